The minimum atomic E-state index is -4.64. The molecule has 0 saturated heterocycles. The fourth-order valence-corrected chi connectivity index (χ4v) is 2.97. The molecule has 168 valence electrons. The molecule has 0 aliphatic rings. The molecular weight excluding hydrogens is 527 g/mol. The van der Waals surface area contributed by atoms with Crippen LogP contribution < -0.4 is 10.6 Å². The molecule has 0 radical (unpaired) electrons. The Bertz CT molecular complexity index is 1020. The number of aliphatic imine (C=N–C) groups is 1. The Balaban J connectivity index is 0.00000341. The highest BCUT2D eigenvalue weighted by molar-refractivity contribution is 14.0. The van der Waals surface area contributed by atoms with E-state index in [0.29, 0.717) is 31.5 Å². The number of fused-ring (bicyclic) bond motifs is 1. The van der Waals surface area contributed by atoms with Gasteiger partial charge in [-0.1, -0.05) is 12.1 Å². The van der Waals surface area contributed by atoms with Gasteiger partial charge in [-0.3, -0.25) is 4.40 Å². The predicted octanol–water partition coefficient (Wildman–Crippen LogP) is 4.19. The van der Waals surface area contributed by atoms with Crippen LogP contribution in [0.4, 0.5) is 17.6 Å². The Morgan fingerprint density at radius 1 is 1.13 bits per heavy atom. The summed E-state index contributed by atoms with van der Waals surface area (Å²) in [5, 5.41) is 14.4. The number of benzene rings is 1. The maximum atomic E-state index is 13.2. The first-order valence-electron chi connectivity index (χ1n) is 9.55. The van der Waals surface area contributed by atoms with E-state index in [9.17, 15) is 17.6 Å². The molecular formula is C20H23F4IN6. The lowest BCUT2D eigenvalue weighted by Gasteiger charge is -2.14. The zero-order valence-corrected chi connectivity index (χ0v) is 19.1. The summed E-state index contributed by atoms with van der Waals surface area (Å²) in [7, 11) is 0. The number of aromatic nitrogens is 3. The summed E-state index contributed by atoms with van der Waals surface area (Å²) in [6.07, 6.45) is -1.34. The number of pyridine rings is 1. The molecule has 0 aliphatic carbocycles. The van der Waals surface area contributed by atoms with Gasteiger partial charge in [0.25, 0.3) is 0 Å². The van der Waals surface area contributed by atoms with Gasteiger partial charge < -0.3 is 10.6 Å². The highest BCUT2D eigenvalue weighted by atomic mass is 127. The largest absolute Gasteiger partial charge is 0.416 e. The maximum Gasteiger partial charge on any atom is 0.416 e. The Hall–Kier alpha value is -2.44. The van der Waals surface area contributed by atoms with Crippen LogP contribution in [-0.2, 0) is 19.1 Å². The number of nitrogens with one attached hydrogen (secondary N) is 2. The van der Waals surface area contributed by atoms with Crippen LogP contribution >= 0.6 is 24.0 Å². The number of hydrogen-bond donors (Lipinski definition) is 2. The quantitative estimate of drug-likeness (QED) is 0.152. The topological polar surface area (TPSA) is 66.6 Å². The minimum absolute atomic E-state index is 0. The van der Waals surface area contributed by atoms with Crippen molar-refractivity contribution in [3.63, 3.8) is 0 Å². The van der Waals surface area contributed by atoms with Crippen molar-refractivity contribution in [1.82, 2.24) is 25.2 Å². The lowest BCUT2D eigenvalue weighted by atomic mass is 10.1. The van der Waals surface area contributed by atoms with E-state index in [2.05, 4.69) is 25.8 Å². The molecule has 0 aliphatic heterocycles. The third-order valence-electron chi connectivity index (χ3n) is 4.38. The standard InChI is InChI=1S/C20H22F4N6.HI/c1-2-25-19(27-13-14-8-9-15(21)12-16(14)20(22,23)24)26-10-5-7-18-29-28-17-6-3-4-11-30(17)18;/h3-4,6,8-9,11-12H,2,5,7,10,13H2,1H3,(H2,25,26,27);1H. The Kier molecular flexibility index (Phi) is 9.01. The van der Waals surface area contributed by atoms with Crippen LogP contribution in [0.5, 0.6) is 0 Å². The fourth-order valence-electron chi connectivity index (χ4n) is 2.97. The molecule has 2 heterocycles. The summed E-state index contributed by atoms with van der Waals surface area (Å²) in [6.45, 7) is 2.73. The van der Waals surface area contributed by atoms with Crippen molar-refractivity contribution in [3.8, 4) is 0 Å². The third kappa shape index (κ3) is 6.77. The summed E-state index contributed by atoms with van der Waals surface area (Å²) in [5.74, 6) is 0.289. The lowest BCUT2D eigenvalue weighted by molar-refractivity contribution is -0.138. The number of halogens is 5. The molecule has 0 amide bonds. The van der Waals surface area contributed by atoms with Gasteiger partial charge in [0, 0.05) is 25.7 Å². The van der Waals surface area contributed by atoms with Crippen LogP contribution in [0.3, 0.4) is 0 Å². The van der Waals surface area contributed by atoms with Crippen LogP contribution in [0.1, 0.15) is 30.3 Å². The summed E-state index contributed by atoms with van der Waals surface area (Å²) in [6, 6.07) is 8.27. The summed E-state index contributed by atoms with van der Waals surface area (Å²) in [4.78, 5) is 4.21. The molecule has 0 bridgehead atoms. The number of nitrogens with zero attached hydrogens (tertiary/aromatic N) is 4. The van der Waals surface area contributed by atoms with Crippen LogP contribution in [0.2, 0.25) is 0 Å². The number of hydrogen-bond acceptors (Lipinski definition) is 3. The second-order valence-corrected chi connectivity index (χ2v) is 6.57. The molecule has 0 unspecified atom stereocenters. The maximum absolute atomic E-state index is 13.2. The van der Waals surface area contributed by atoms with Crippen molar-refractivity contribution in [2.24, 2.45) is 4.99 Å². The van der Waals surface area contributed by atoms with Gasteiger partial charge in [-0.05, 0) is 43.2 Å². The van der Waals surface area contributed by atoms with Crippen LogP contribution in [0, 0.1) is 5.82 Å². The van der Waals surface area contributed by atoms with E-state index in [4.69, 9.17) is 0 Å². The van der Waals surface area contributed by atoms with E-state index < -0.39 is 17.6 Å². The Labute approximate surface area is 194 Å². The molecule has 3 rings (SSSR count). The van der Waals surface area contributed by atoms with Gasteiger partial charge in [0.05, 0.1) is 12.1 Å². The second-order valence-electron chi connectivity index (χ2n) is 6.57. The van der Waals surface area contributed by atoms with Crippen molar-refractivity contribution < 1.29 is 17.6 Å². The zero-order chi connectivity index (χ0) is 21.6. The molecule has 0 atom stereocenters. The van der Waals surface area contributed by atoms with E-state index in [1.165, 1.54) is 0 Å². The van der Waals surface area contributed by atoms with Gasteiger partial charge in [0.1, 0.15) is 11.6 Å². The van der Waals surface area contributed by atoms with Crippen molar-refractivity contribution in [2.45, 2.75) is 32.5 Å². The molecule has 11 heteroatoms. The second kappa shape index (κ2) is 11.3. The molecule has 2 N–H and O–H groups in total. The molecule has 0 fully saturated rings. The van der Waals surface area contributed by atoms with Crippen molar-refractivity contribution >= 4 is 35.6 Å². The van der Waals surface area contributed by atoms with Gasteiger partial charge in [0.15, 0.2) is 11.6 Å². The number of rotatable bonds is 7. The average molecular weight is 550 g/mol. The van der Waals surface area contributed by atoms with Crippen molar-refractivity contribution in [3.05, 3.63) is 65.4 Å². The summed E-state index contributed by atoms with van der Waals surface area (Å²) in [5.41, 5.74) is -0.327. The Morgan fingerprint density at radius 2 is 1.94 bits per heavy atom. The SMILES string of the molecule is CCNC(=NCc1ccc(F)cc1C(F)(F)F)NCCCc1nnc2ccccn12.I. The van der Waals surface area contributed by atoms with Gasteiger partial charge in [0.2, 0.25) is 0 Å². The molecule has 1 aromatic carbocycles. The molecule has 6 nitrogen and oxygen atoms in total. The first-order chi connectivity index (χ1) is 14.4. The van der Waals surface area contributed by atoms with E-state index in [0.717, 1.165) is 30.0 Å². The van der Waals surface area contributed by atoms with Crippen LogP contribution in [0.25, 0.3) is 5.65 Å². The van der Waals surface area contributed by atoms with Crippen molar-refractivity contribution in [1.29, 1.82) is 0 Å². The minimum Gasteiger partial charge on any atom is -0.357 e. The first kappa shape index (κ1) is 24.8. The normalized spacial score (nSPS) is 12.0. The van der Waals surface area contributed by atoms with Gasteiger partial charge in [-0.2, -0.15) is 13.2 Å². The number of alkyl halides is 3. The van der Waals surface area contributed by atoms with E-state index in [-0.39, 0.29) is 36.1 Å². The van der Waals surface area contributed by atoms with Crippen molar-refractivity contribution in [2.75, 3.05) is 13.1 Å². The van der Waals surface area contributed by atoms with E-state index >= 15 is 0 Å². The summed E-state index contributed by atoms with van der Waals surface area (Å²) < 4.78 is 54.6. The first-order valence-corrected chi connectivity index (χ1v) is 9.55. The fraction of sp³-hybridized carbons (Fsp3) is 0.350. The van der Waals surface area contributed by atoms with Crippen LogP contribution in [-0.4, -0.2) is 33.6 Å². The summed E-state index contributed by atoms with van der Waals surface area (Å²) >= 11 is 0. The number of aryl methyl sites for hydroxylation is 1. The third-order valence-corrected chi connectivity index (χ3v) is 4.38. The van der Waals surface area contributed by atoms with Gasteiger partial charge in [-0.15, -0.1) is 34.2 Å². The molecule has 3 aromatic rings. The van der Waals surface area contributed by atoms with Gasteiger partial charge in [-0.25, -0.2) is 9.38 Å². The number of guanidine groups is 1. The highest BCUT2D eigenvalue weighted by Crippen LogP contribution is 2.32. The predicted molar refractivity (Wildman–Crippen MR) is 121 cm³/mol. The Morgan fingerprint density at radius 3 is 2.68 bits per heavy atom. The monoisotopic (exact) mass is 550 g/mol. The van der Waals surface area contributed by atoms with Crippen LogP contribution in [0.15, 0.2) is 47.6 Å². The molecule has 0 saturated carbocycles. The molecule has 0 spiro atoms. The highest BCUT2D eigenvalue weighted by Gasteiger charge is 2.33. The zero-order valence-electron chi connectivity index (χ0n) is 16.8. The smallest absolute Gasteiger partial charge is 0.357 e. The average Bonchev–Trinajstić information content (AvgIpc) is 3.12. The molecule has 31 heavy (non-hydrogen) atoms. The van der Waals surface area contributed by atoms with E-state index in [1.54, 1.807) is 0 Å². The lowest BCUT2D eigenvalue weighted by Crippen LogP contribution is -2.38. The van der Waals surface area contributed by atoms with E-state index in [1.807, 2.05) is 35.7 Å². The van der Waals surface area contributed by atoms with Gasteiger partial charge >= 0.3 is 6.18 Å². The molecule has 2 aromatic heterocycles.